The Balaban J connectivity index is 1.97. The number of benzene rings is 2. The van der Waals surface area contributed by atoms with Gasteiger partial charge in [-0.3, -0.25) is 9.59 Å². The SMILES string of the molecule is CC(C)NS(=O)(=O)c1ccc(Cl)c(C(=O)Nc2cc(C(N)=O)ccc2N2CCCC2)c1. The van der Waals surface area contributed by atoms with E-state index in [0.717, 1.165) is 31.6 Å². The molecule has 0 saturated carbocycles. The second-order valence-corrected chi connectivity index (χ2v) is 9.78. The predicted octanol–water partition coefficient (Wildman–Crippen LogP) is 2.98. The topological polar surface area (TPSA) is 122 Å². The lowest BCUT2D eigenvalue weighted by molar-refractivity contribution is 0.0996. The fourth-order valence-corrected chi connectivity index (χ4v) is 4.92. The molecule has 1 aliphatic rings. The van der Waals surface area contributed by atoms with Crippen LogP contribution in [0.15, 0.2) is 41.3 Å². The van der Waals surface area contributed by atoms with Crippen LogP contribution in [-0.2, 0) is 10.0 Å². The van der Waals surface area contributed by atoms with Crippen LogP contribution in [0.25, 0.3) is 0 Å². The maximum absolute atomic E-state index is 13.0. The van der Waals surface area contributed by atoms with Gasteiger partial charge in [-0.25, -0.2) is 13.1 Å². The number of nitrogens with two attached hydrogens (primary N) is 1. The monoisotopic (exact) mass is 464 g/mol. The number of carbonyl (C=O) groups is 2. The molecule has 2 aromatic carbocycles. The van der Waals surface area contributed by atoms with E-state index in [4.69, 9.17) is 17.3 Å². The van der Waals surface area contributed by atoms with Crippen LogP contribution in [0.2, 0.25) is 5.02 Å². The predicted molar refractivity (Wildman–Crippen MR) is 121 cm³/mol. The normalized spacial score (nSPS) is 14.1. The standard InChI is InChI=1S/C21H25ClN4O4S/c1-13(2)25-31(29,30)15-6-7-17(22)16(12-15)21(28)24-18-11-14(20(23)27)5-8-19(18)26-9-3-4-10-26/h5-8,11-13,25H,3-4,9-10H2,1-2H3,(H2,23,27)(H,24,28). The molecule has 1 aliphatic heterocycles. The molecule has 31 heavy (non-hydrogen) atoms. The number of sulfonamides is 1. The lowest BCUT2D eigenvalue weighted by Crippen LogP contribution is -2.30. The van der Waals surface area contributed by atoms with E-state index in [1.54, 1.807) is 26.0 Å². The van der Waals surface area contributed by atoms with Crippen molar-refractivity contribution in [1.82, 2.24) is 4.72 Å². The molecule has 2 amide bonds. The summed E-state index contributed by atoms with van der Waals surface area (Å²) in [5, 5.41) is 2.88. The molecule has 0 atom stereocenters. The largest absolute Gasteiger partial charge is 0.370 e. The van der Waals surface area contributed by atoms with E-state index in [0.29, 0.717) is 5.69 Å². The number of primary amides is 1. The van der Waals surface area contributed by atoms with Gasteiger partial charge in [0, 0.05) is 24.7 Å². The van der Waals surface area contributed by atoms with Gasteiger partial charge in [0.15, 0.2) is 0 Å². The zero-order valence-corrected chi connectivity index (χ0v) is 18.9. The molecule has 166 valence electrons. The molecular weight excluding hydrogens is 440 g/mol. The Hall–Kier alpha value is -2.62. The summed E-state index contributed by atoms with van der Waals surface area (Å²) in [5.74, 6) is -1.21. The summed E-state index contributed by atoms with van der Waals surface area (Å²) >= 11 is 6.20. The molecule has 0 spiro atoms. The van der Waals surface area contributed by atoms with Gasteiger partial charge < -0.3 is 16.0 Å². The summed E-state index contributed by atoms with van der Waals surface area (Å²) in [5.41, 5.74) is 6.83. The van der Waals surface area contributed by atoms with Crippen molar-refractivity contribution in [1.29, 1.82) is 0 Å². The molecule has 1 fully saturated rings. The van der Waals surface area contributed by atoms with Gasteiger partial charge in [0.2, 0.25) is 15.9 Å². The maximum Gasteiger partial charge on any atom is 0.257 e. The lowest BCUT2D eigenvalue weighted by atomic mass is 10.1. The number of amides is 2. The molecular formula is C21H25ClN4O4S. The highest BCUT2D eigenvalue weighted by molar-refractivity contribution is 7.89. The zero-order chi connectivity index (χ0) is 22.8. The molecule has 8 nitrogen and oxygen atoms in total. The number of hydrogen-bond acceptors (Lipinski definition) is 5. The highest BCUT2D eigenvalue weighted by Gasteiger charge is 2.22. The van der Waals surface area contributed by atoms with Crippen LogP contribution in [0, 0.1) is 0 Å². The summed E-state index contributed by atoms with van der Waals surface area (Å²) in [4.78, 5) is 26.7. The van der Waals surface area contributed by atoms with Gasteiger partial charge in [0.25, 0.3) is 5.91 Å². The molecule has 2 aromatic rings. The maximum atomic E-state index is 13.0. The van der Waals surface area contributed by atoms with E-state index in [9.17, 15) is 18.0 Å². The first-order valence-electron chi connectivity index (χ1n) is 9.90. The molecule has 0 radical (unpaired) electrons. The van der Waals surface area contributed by atoms with E-state index in [2.05, 4.69) is 14.9 Å². The molecule has 10 heteroatoms. The van der Waals surface area contributed by atoms with Crippen LogP contribution >= 0.6 is 11.6 Å². The van der Waals surface area contributed by atoms with Gasteiger partial charge in [-0.15, -0.1) is 0 Å². The molecule has 0 unspecified atom stereocenters. The Bertz CT molecular complexity index is 1110. The minimum Gasteiger partial charge on any atom is -0.370 e. The summed E-state index contributed by atoms with van der Waals surface area (Å²) in [7, 11) is -3.80. The van der Waals surface area contributed by atoms with Gasteiger partial charge in [-0.05, 0) is 63.1 Å². The second-order valence-electron chi connectivity index (χ2n) is 7.66. The van der Waals surface area contributed by atoms with Crippen molar-refractivity contribution in [2.24, 2.45) is 5.73 Å². The third-order valence-corrected chi connectivity index (χ3v) is 6.85. The van der Waals surface area contributed by atoms with Crippen LogP contribution < -0.4 is 20.7 Å². The fraction of sp³-hybridized carbons (Fsp3) is 0.333. The molecule has 1 heterocycles. The van der Waals surface area contributed by atoms with Crippen molar-refractivity contribution in [3.05, 3.63) is 52.5 Å². The fourth-order valence-electron chi connectivity index (χ4n) is 3.44. The average molecular weight is 465 g/mol. The van der Waals surface area contributed by atoms with Crippen molar-refractivity contribution in [2.75, 3.05) is 23.3 Å². The molecule has 1 saturated heterocycles. The molecule has 0 aliphatic carbocycles. The van der Waals surface area contributed by atoms with Crippen LogP contribution in [0.5, 0.6) is 0 Å². The van der Waals surface area contributed by atoms with Gasteiger partial charge in [0.1, 0.15) is 0 Å². The van der Waals surface area contributed by atoms with Gasteiger partial charge in [0.05, 0.1) is 26.9 Å². The van der Waals surface area contributed by atoms with Crippen molar-refractivity contribution in [3.63, 3.8) is 0 Å². The summed E-state index contributed by atoms with van der Waals surface area (Å²) in [6, 6.07) is 8.51. The molecule has 4 N–H and O–H groups in total. The highest BCUT2D eigenvalue weighted by atomic mass is 35.5. The Morgan fingerprint density at radius 2 is 1.77 bits per heavy atom. The van der Waals surface area contributed by atoms with Crippen molar-refractivity contribution < 1.29 is 18.0 Å². The number of hydrogen-bond donors (Lipinski definition) is 3. The Morgan fingerprint density at radius 3 is 2.39 bits per heavy atom. The van der Waals surface area contributed by atoms with E-state index < -0.39 is 21.8 Å². The van der Waals surface area contributed by atoms with E-state index in [-0.39, 0.29) is 27.1 Å². The number of rotatable bonds is 7. The quantitative estimate of drug-likeness (QED) is 0.581. The third-order valence-electron chi connectivity index (χ3n) is 4.86. The Labute approximate surface area is 186 Å². The minimum atomic E-state index is -3.80. The van der Waals surface area contributed by atoms with Gasteiger partial charge in [-0.2, -0.15) is 0 Å². The first-order chi connectivity index (χ1) is 14.6. The van der Waals surface area contributed by atoms with Crippen LogP contribution in [-0.4, -0.2) is 39.4 Å². The van der Waals surface area contributed by atoms with Crippen LogP contribution in [0.3, 0.4) is 0 Å². The van der Waals surface area contributed by atoms with Crippen molar-refractivity contribution in [2.45, 2.75) is 37.6 Å². The number of halogens is 1. The van der Waals surface area contributed by atoms with Crippen molar-refractivity contribution >= 4 is 44.8 Å². The van der Waals surface area contributed by atoms with Gasteiger partial charge >= 0.3 is 0 Å². The van der Waals surface area contributed by atoms with Crippen LogP contribution in [0.4, 0.5) is 11.4 Å². The van der Waals surface area contributed by atoms with E-state index in [1.165, 1.54) is 24.3 Å². The lowest BCUT2D eigenvalue weighted by Gasteiger charge is -2.22. The molecule has 0 bridgehead atoms. The zero-order valence-electron chi connectivity index (χ0n) is 17.3. The minimum absolute atomic E-state index is 0.00477. The van der Waals surface area contributed by atoms with Crippen LogP contribution in [0.1, 0.15) is 47.4 Å². The highest BCUT2D eigenvalue weighted by Crippen LogP contribution is 2.31. The number of nitrogens with one attached hydrogen (secondary N) is 2. The average Bonchev–Trinajstić information content (AvgIpc) is 3.21. The second kappa shape index (κ2) is 9.25. The molecule has 3 rings (SSSR count). The smallest absolute Gasteiger partial charge is 0.257 e. The number of anilines is 2. The summed E-state index contributed by atoms with van der Waals surface area (Å²) in [6.07, 6.45) is 2.05. The Morgan fingerprint density at radius 1 is 1.10 bits per heavy atom. The molecule has 0 aromatic heterocycles. The number of carbonyl (C=O) groups excluding carboxylic acids is 2. The summed E-state index contributed by atoms with van der Waals surface area (Å²) < 4.78 is 27.5. The Kier molecular flexibility index (Phi) is 6.88. The van der Waals surface area contributed by atoms with E-state index in [1.807, 2.05) is 0 Å². The first kappa shape index (κ1) is 23.1. The van der Waals surface area contributed by atoms with E-state index >= 15 is 0 Å². The summed E-state index contributed by atoms with van der Waals surface area (Å²) in [6.45, 7) is 5.06. The van der Waals surface area contributed by atoms with Crippen molar-refractivity contribution in [3.8, 4) is 0 Å². The number of nitrogens with zero attached hydrogens (tertiary/aromatic N) is 1. The van der Waals surface area contributed by atoms with Gasteiger partial charge in [-0.1, -0.05) is 11.6 Å². The first-order valence-corrected chi connectivity index (χ1v) is 11.8. The third kappa shape index (κ3) is 5.36.